The molecule has 0 aromatic heterocycles. The second-order valence-corrected chi connectivity index (χ2v) is 7.05. The van der Waals surface area contributed by atoms with Crippen molar-refractivity contribution in [1.82, 2.24) is 0 Å². The summed E-state index contributed by atoms with van der Waals surface area (Å²) in [6.45, 7) is 1.86. The van der Waals surface area contributed by atoms with Crippen molar-refractivity contribution in [3.05, 3.63) is 66.2 Å². The van der Waals surface area contributed by atoms with E-state index in [0.29, 0.717) is 0 Å². The van der Waals surface area contributed by atoms with Crippen molar-refractivity contribution in [2.24, 2.45) is 0 Å². The fraction of sp³-hybridized carbons (Fsp3) is 0.0588. The lowest BCUT2D eigenvalue weighted by Crippen LogP contribution is -2.31. The van der Waals surface area contributed by atoms with Crippen LogP contribution in [0.5, 0.6) is 0 Å². The first-order valence-electron chi connectivity index (χ1n) is 6.88. The predicted octanol–water partition coefficient (Wildman–Crippen LogP) is 2.26. The maximum Gasteiger partial charge on any atom is 0.258 e. The zero-order chi connectivity index (χ0) is 16.6. The Morgan fingerprint density at radius 3 is 2.00 bits per heavy atom. The normalized spacial score (nSPS) is 14.6. The van der Waals surface area contributed by atoms with Crippen LogP contribution in [0.25, 0.3) is 0 Å². The number of para-hydroxylation sites is 1. The Morgan fingerprint density at radius 2 is 1.39 bits per heavy atom. The minimum absolute atomic E-state index is 0.0630. The smallest absolute Gasteiger partial charge is 0.258 e. The summed E-state index contributed by atoms with van der Waals surface area (Å²) in [5.74, 6) is -1.11. The lowest BCUT2D eigenvalue weighted by Gasteiger charge is -2.18. The number of imide groups is 1. The minimum atomic E-state index is -3.84. The summed E-state index contributed by atoms with van der Waals surface area (Å²) in [6.07, 6.45) is 2.25. The third-order valence-corrected chi connectivity index (χ3v) is 5.35. The molecule has 2 amide bonds. The molecule has 0 saturated carbocycles. The summed E-state index contributed by atoms with van der Waals surface area (Å²) in [4.78, 5) is 24.6. The number of carbonyl (C=O) groups excluding carboxylic acids is 2. The first kappa shape index (κ1) is 15.2. The number of anilines is 1. The van der Waals surface area contributed by atoms with Gasteiger partial charge in [-0.2, -0.15) is 0 Å². The van der Waals surface area contributed by atoms with E-state index >= 15 is 0 Å². The quantitative estimate of drug-likeness (QED) is 0.811. The fourth-order valence-electron chi connectivity index (χ4n) is 2.35. The average Bonchev–Trinajstić information content (AvgIpc) is 2.86. The van der Waals surface area contributed by atoms with Crippen LogP contribution in [0, 0.1) is 6.92 Å². The van der Waals surface area contributed by atoms with Gasteiger partial charge in [0.2, 0.25) is 9.84 Å². The highest BCUT2D eigenvalue weighted by atomic mass is 32.2. The van der Waals surface area contributed by atoms with Gasteiger partial charge in [0.25, 0.3) is 11.8 Å². The van der Waals surface area contributed by atoms with Crippen LogP contribution >= 0.6 is 0 Å². The van der Waals surface area contributed by atoms with Gasteiger partial charge in [-0.05, 0) is 31.2 Å². The van der Waals surface area contributed by atoms with Crippen LogP contribution in [0.15, 0.2) is 70.5 Å². The van der Waals surface area contributed by atoms with E-state index < -0.39 is 21.7 Å². The SMILES string of the molecule is Cc1ccc(S(=O)(=O)c2ccccc2N2C(=O)C=CC2=O)cc1. The van der Waals surface area contributed by atoms with Gasteiger partial charge in [-0.1, -0.05) is 29.8 Å². The van der Waals surface area contributed by atoms with E-state index in [4.69, 9.17) is 0 Å². The third-order valence-electron chi connectivity index (χ3n) is 3.54. The highest BCUT2D eigenvalue weighted by Gasteiger charge is 2.31. The van der Waals surface area contributed by atoms with Gasteiger partial charge in [0.1, 0.15) is 0 Å². The molecule has 0 atom stereocenters. The largest absolute Gasteiger partial charge is 0.269 e. The van der Waals surface area contributed by atoms with Gasteiger partial charge >= 0.3 is 0 Å². The molecule has 0 N–H and O–H groups in total. The summed E-state index contributed by atoms with van der Waals surface area (Å²) >= 11 is 0. The fourth-order valence-corrected chi connectivity index (χ4v) is 3.79. The van der Waals surface area contributed by atoms with Crippen LogP contribution in [-0.2, 0) is 19.4 Å². The van der Waals surface area contributed by atoms with Gasteiger partial charge in [-0.25, -0.2) is 13.3 Å². The lowest BCUT2D eigenvalue weighted by molar-refractivity contribution is -0.120. The number of hydrogen-bond donors (Lipinski definition) is 0. The Hall–Kier alpha value is -2.73. The molecule has 0 radical (unpaired) electrons. The summed E-state index contributed by atoms with van der Waals surface area (Å²) < 4.78 is 25.7. The average molecular weight is 327 g/mol. The van der Waals surface area contributed by atoms with Gasteiger partial charge < -0.3 is 0 Å². The number of rotatable bonds is 3. The Morgan fingerprint density at radius 1 is 0.826 bits per heavy atom. The van der Waals surface area contributed by atoms with E-state index in [1.807, 2.05) is 6.92 Å². The number of amides is 2. The van der Waals surface area contributed by atoms with Gasteiger partial charge in [0.15, 0.2) is 0 Å². The Balaban J connectivity index is 2.16. The van der Waals surface area contributed by atoms with Crippen molar-refractivity contribution in [2.75, 3.05) is 4.90 Å². The lowest BCUT2D eigenvalue weighted by atomic mass is 10.2. The first-order chi connectivity index (χ1) is 10.9. The molecule has 1 aliphatic rings. The summed E-state index contributed by atoms with van der Waals surface area (Å²) in [6, 6.07) is 12.4. The second kappa shape index (κ2) is 5.48. The molecule has 5 nitrogen and oxygen atoms in total. The summed E-state index contributed by atoms with van der Waals surface area (Å²) in [7, 11) is -3.84. The van der Waals surface area contributed by atoms with E-state index in [-0.39, 0.29) is 15.5 Å². The van der Waals surface area contributed by atoms with Crippen LogP contribution in [0.1, 0.15) is 5.56 Å². The van der Waals surface area contributed by atoms with E-state index in [0.717, 1.165) is 22.6 Å². The molecule has 1 aliphatic heterocycles. The molecule has 0 spiro atoms. The van der Waals surface area contributed by atoms with Gasteiger partial charge in [0, 0.05) is 12.2 Å². The minimum Gasteiger partial charge on any atom is -0.269 e. The zero-order valence-corrected chi connectivity index (χ0v) is 13.1. The number of nitrogens with zero attached hydrogens (tertiary/aromatic N) is 1. The van der Waals surface area contributed by atoms with Gasteiger partial charge in [-0.15, -0.1) is 0 Å². The number of aryl methyl sites for hydroxylation is 1. The molecule has 0 fully saturated rings. The van der Waals surface area contributed by atoms with Crippen LogP contribution in [-0.4, -0.2) is 20.2 Å². The van der Waals surface area contributed by atoms with Crippen molar-refractivity contribution in [3.8, 4) is 0 Å². The van der Waals surface area contributed by atoms with E-state index in [1.165, 1.54) is 24.3 Å². The highest BCUT2D eigenvalue weighted by Crippen LogP contribution is 2.31. The molecule has 0 bridgehead atoms. The van der Waals surface area contributed by atoms with E-state index in [1.54, 1.807) is 24.3 Å². The highest BCUT2D eigenvalue weighted by molar-refractivity contribution is 7.91. The van der Waals surface area contributed by atoms with Crippen molar-refractivity contribution < 1.29 is 18.0 Å². The Labute approximate surface area is 133 Å². The molecule has 116 valence electrons. The van der Waals surface area contributed by atoms with E-state index in [9.17, 15) is 18.0 Å². The maximum absolute atomic E-state index is 12.9. The van der Waals surface area contributed by atoms with E-state index in [2.05, 4.69) is 0 Å². The molecule has 23 heavy (non-hydrogen) atoms. The van der Waals surface area contributed by atoms with Gasteiger partial charge in [0.05, 0.1) is 15.5 Å². The second-order valence-electron chi connectivity index (χ2n) is 5.13. The number of hydrogen-bond acceptors (Lipinski definition) is 4. The van der Waals surface area contributed by atoms with Crippen molar-refractivity contribution in [2.45, 2.75) is 16.7 Å². The molecular weight excluding hydrogens is 314 g/mol. The monoisotopic (exact) mass is 327 g/mol. The molecule has 3 rings (SSSR count). The van der Waals surface area contributed by atoms with Crippen LogP contribution in [0.4, 0.5) is 5.69 Å². The summed E-state index contributed by atoms with van der Waals surface area (Å²) in [5.41, 5.74) is 0.999. The zero-order valence-electron chi connectivity index (χ0n) is 12.3. The van der Waals surface area contributed by atoms with Crippen LogP contribution < -0.4 is 4.90 Å². The Bertz CT molecular complexity index is 909. The van der Waals surface area contributed by atoms with Crippen molar-refractivity contribution in [3.63, 3.8) is 0 Å². The molecule has 6 heteroatoms. The predicted molar refractivity (Wildman–Crippen MR) is 84.7 cm³/mol. The first-order valence-corrected chi connectivity index (χ1v) is 8.36. The molecule has 0 unspecified atom stereocenters. The number of sulfone groups is 1. The number of carbonyl (C=O) groups is 2. The molecule has 2 aromatic carbocycles. The van der Waals surface area contributed by atoms with Crippen LogP contribution in [0.2, 0.25) is 0 Å². The van der Waals surface area contributed by atoms with Crippen LogP contribution in [0.3, 0.4) is 0 Å². The molecule has 1 heterocycles. The standard InChI is InChI=1S/C17H13NO4S/c1-12-6-8-13(9-7-12)23(21,22)15-5-3-2-4-14(15)18-16(19)10-11-17(18)20/h2-11H,1H3. The van der Waals surface area contributed by atoms with Crippen molar-refractivity contribution >= 4 is 27.3 Å². The molecular formula is C17H13NO4S. The topological polar surface area (TPSA) is 71.5 Å². The Kier molecular flexibility index (Phi) is 3.61. The van der Waals surface area contributed by atoms with Crippen molar-refractivity contribution in [1.29, 1.82) is 0 Å². The van der Waals surface area contributed by atoms with Gasteiger partial charge in [-0.3, -0.25) is 9.59 Å². The molecule has 0 saturated heterocycles. The third kappa shape index (κ3) is 2.57. The maximum atomic E-state index is 12.9. The molecule has 2 aromatic rings. The number of benzene rings is 2. The molecule has 0 aliphatic carbocycles. The summed E-state index contributed by atoms with van der Waals surface area (Å²) in [5, 5.41) is 0.